The van der Waals surface area contributed by atoms with Crippen LogP contribution in [-0.4, -0.2) is 35.2 Å². The number of anilines is 1. The lowest BCUT2D eigenvalue weighted by molar-refractivity contribution is -0.120. The van der Waals surface area contributed by atoms with Gasteiger partial charge in [0.15, 0.2) is 12.4 Å². The number of hydrogen-bond donors (Lipinski definition) is 2. The molecule has 1 aromatic carbocycles. The molecule has 0 aliphatic heterocycles. The number of nitrogens with two attached hydrogens (primary N) is 1. The molecule has 0 fully saturated rings. The van der Waals surface area contributed by atoms with E-state index < -0.39 is 0 Å². The number of aromatic nitrogens is 2. The number of oxime groups is 1. The van der Waals surface area contributed by atoms with Crippen LogP contribution in [0, 0.1) is 0 Å². The highest BCUT2D eigenvalue weighted by atomic mass is 16.6. The Hall–Kier alpha value is -3.03. The number of nitrogens with zero attached hydrogens (tertiary/aromatic N) is 3. The number of carbonyl (C=O) groups is 1. The quantitative estimate of drug-likeness (QED) is 0.464. The fourth-order valence-corrected chi connectivity index (χ4v) is 1.64. The van der Waals surface area contributed by atoms with Crippen LogP contribution in [0.5, 0.6) is 5.75 Å². The molecule has 1 heterocycles. The summed E-state index contributed by atoms with van der Waals surface area (Å²) < 4.78 is 6.62. The molecule has 3 N–H and O–H groups in total. The summed E-state index contributed by atoms with van der Waals surface area (Å²) in [5.41, 5.74) is 6.97. The van der Waals surface area contributed by atoms with Gasteiger partial charge in [0.05, 0.1) is 18.9 Å². The first kappa shape index (κ1) is 15.4. The summed E-state index contributed by atoms with van der Waals surface area (Å²) >= 11 is 0. The molecule has 0 atom stereocenters. The predicted octanol–water partition coefficient (Wildman–Crippen LogP) is 0.704. The molecule has 1 amide bonds. The van der Waals surface area contributed by atoms with Crippen LogP contribution in [0.15, 0.2) is 41.8 Å². The number of amidine groups is 1. The third kappa shape index (κ3) is 4.23. The van der Waals surface area contributed by atoms with Crippen molar-refractivity contribution in [1.82, 2.24) is 9.78 Å². The molecule has 0 spiro atoms. The number of hydrogen-bond acceptors (Lipinski definition) is 5. The second kappa shape index (κ2) is 7.11. The Kier molecular flexibility index (Phi) is 4.97. The number of benzene rings is 1. The highest BCUT2D eigenvalue weighted by Gasteiger charge is 2.05. The second-order valence-electron chi connectivity index (χ2n) is 4.43. The van der Waals surface area contributed by atoms with Gasteiger partial charge in [-0.05, 0) is 24.3 Å². The molecule has 0 aliphatic carbocycles. The molecular weight excluding hydrogens is 286 g/mol. The van der Waals surface area contributed by atoms with E-state index in [2.05, 4.69) is 15.6 Å². The minimum Gasteiger partial charge on any atom is -0.497 e. The van der Waals surface area contributed by atoms with Crippen molar-refractivity contribution in [2.75, 3.05) is 19.0 Å². The molecule has 8 nitrogen and oxygen atoms in total. The maximum atomic E-state index is 11.7. The van der Waals surface area contributed by atoms with Crippen molar-refractivity contribution in [2.24, 2.45) is 17.9 Å². The van der Waals surface area contributed by atoms with Crippen molar-refractivity contribution in [3.63, 3.8) is 0 Å². The van der Waals surface area contributed by atoms with Gasteiger partial charge in [-0.25, -0.2) is 0 Å². The highest BCUT2D eigenvalue weighted by Crippen LogP contribution is 2.14. The zero-order valence-electron chi connectivity index (χ0n) is 12.3. The van der Waals surface area contributed by atoms with Gasteiger partial charge in [-0.2, -0.15) is 5.10 Å². The van der Waals surface area contributed by atoms with Gasteiger partial charge in [-0.15, -0.1) is 0 Å². The number of rotatable bonds is 6. The molecule has 22 heavy (non-hydrogen) atoms. The van der Waals surface area contributed by atoms with Gasteiger partial charge in [-0.3, -0.25) is 9.48 Å². The summed E-state index contributed by atoms with van der Waals surface area (Å²) in [7, 11) is 3.34. The molecule has 0 aliphatic rings. The summed E-state index contributed by atoms with van der Waals surface area (Å²) in [5.74, 6) is 0.529. The molecular formula is C14H17N5O3. The lowest BCUT2D eigenvalue weighted by atomic mass is 10.3. The highest BCUT2D eigenvalue weighted by molar-refractivity contribution is 5.96. The van der Waals surface area contributed by atoms with E-state index in [0.29, 0.717) is 17.0 Å². The van der Waals surface area contributed by atoms with E-state index in [9.17, 15) is 4.79 Å². The van der Waals surface area contributed by atoms with E-state index in [1.165, 1.54) is 0 Å². The Morgan fingerprint density at radius 1 is 1.41 bits per heavy atom. The van der Waals surface area contributed by atoms with Gasteiger partial charge in [0, 0.05) is 18.9 Å². The molecule has 0 saturated carbocycles. The lowest BCUT2D eigenvalue weighted by Crippen LogP contribution is -2.19. The Morgan fingerprint density at radius 2 is 2.14 bits per heavy atom. The Morgan fingerprint density at radius 3 is 2.73 bits per heavy atom. The topological polar surface area (TPSA) is 104 Å². The normalized spacial score (nSPS) is 11.1. The maximum Gasteiger partial charge on any atom is 0.265 e. The summed E-state index contributed by atoms with van der Waals surface area (Å²) in [6.45, 7) is -0.243. The Labute approximate surface area is 127 Å². The van der Waals surface area contributed by atoms with E-state index in [1.54, 1.807) is 55.5 Å². The SMILES string of the molecule is COc1ccc(NC(=O)CO/N=C(/N)c2cnn(C)c2)cc1. The van der Waals surface area contributed by atoms with Crippen molar-refractivity contribution >= 4 is 17.4 Å². The van der Waals surface area contributed by atoms with Gasteiger partial charge in [-0.1, -0.05) is 5.16 Å². The molecule has 2 aromatic rings. The predicted molar refractivity (Wildman–Crippen MR) is 81.5 cm³/mol. The first-order valence-corrected chi connectivity index (χ1v) is 6.47. The second-order valence-corrected chi connectivity index (χ2v) is 4.43. The summed E-state index contributed by atoms with van der Waals surface area (Å²) in [5, 5.41) is 10.3. The average Bonchev–Trinajstić information content (AvgIpc) is 2.94. The van der Waals surface area contributed by atoms with E-state index in [4.69, 9.17) is 15.3 Å². The Bertz CT molecular complexity index is 663. The number of methoxy groups -OCH3 is 1. The summed E-state index contributed by atoms with van der Waals surface area (Å²) in [6.07, 6.45) is 3.25. The third-order valence-electron chi connectivity index (χ3n) is 2.73. The van der Waals surface area contributed by atoms with Gasteiger partial charge in [0.25, 0.3) is 5.91 Å². The van der Waals surface area contributed by atoms with E-state index in [-0.39, 0.29) is 18.3 Å². The van der Waals surface area contributed by atoms with Crippen molar-refractivity contribution in [3.8, 4) is 5.75 Å². The van der Waals surface area contributed by atoms with Crippen LogP contribution in [0.3, 0.4) is 0 Å². The number of carbonyl (C=O) groups excluding carboxylic acids is 1. The molecule has 0 radical (unpaired) electrons. The zero-order chi connectivity index (χ0) is 15.9. The smallest absolute Gasteiger partial charge is 0.265 e. The minimum atomic E-state index is -0.340. The molecule has 0 saturated heterocycles. The minimum absolute atomic E-state index is 0.158. The number of nitrogens with one attached hydrogen (secondary N) is 1. The Balaban J connectivity index is 1.82. The van der Waals surface area contributed by atoms with Crippen LogP contribution in [0.4, 0.5) is 5.69 Å². The lowest BCUT2D eigenvalue weighted by Gasteiger charge is -2.05. The third-order valence-corrected chi connectivity index (χ3v) is 2.73. The fraction of sp³-hybridized carbons (Fsp3) is 0.214. The number of ether oxygens (including phenoxy) is 1. The monoisotopic (exact) mass is 303 g/mol. The molecule has 8 heteroatoms. The standard InChI is InChI=1S/C14H17N5O3/c1-19-8-10(7-16-19)14(15)18-22-9-13(20)17-11-3-5-12(21-2)6-4-11/h3-8H,9H2,1-2H3,(H2,15,18)(H,17,20). The maximum absolute atomic E-state index is 11.7. The van der Waals surface area contributed by atoms with Crippen LogP contribution in [0.25, 0.3) is 0 Å². The molecule has 0 unspecified atom stereocenters. The molecule has 2 rings (SSSR count). The van der Waals surface area contributed by atoms with Gasteiger partial charge in [0.2, 0.25) is 0 Å². The first-order valence-electron chi connectivity index (χ1n) is 6.47. The molecule has 116 valence electrons. The number of amides is 1. The number of aryl methyl sites for hydroxylation is 1. The van der Waals surface area contributed by atoms with Crippen LogP contribution >= 0.6 is 0 Å². The van der Waals surface area contributed by atoms with Gasteiger partial charge in [0.1, 0.15) is 5.75 Å². The molecule has 1 aromatic heterocycles. The van der Waals surface area contributed by atoms with Crippen molar-refractivity contribution in [3.05, 3.63) is 42.2 Å². The van der Waals surface area contributed by atoms with Crippen LogP contribution in [-0.2, 0) is 16.7 Å². The van der Waals surface area contributed by atoms with Crippen molar-refractivity contribution < 1.29 is 14.4 Å². The van der Waals surface area contributed by atoms with Gasteiger partial charge >= 0.3 is 0 Å². The summed E-state index contributed by atoms with van der Waals surface area (Å²) in [4.78, 5) is 16.6. The van der Waals surface area contributed by atoms with Gasteiger partial charge < -0.3 is 20.6 Å². The van der Waals surface area contributed by atoms with E-state index in [0.717, 1.165) is 0 Å². The summed E-state index contributed by atoms with van der Waals surface area (Å²) in [6, 6.07) is 6.94. The van der Waals surface area contributed by atoms with E-state index in [1.807, 2.05) is 0 Å². The zero-order valence-corrected chi connectivity index (χ0v) is 12.3. The van der Waals surface area contributed by atoms with Crippen LogP contribution < -0.4 is 15.8 Å². The molecule has 0 bridgehead atoms. The van der Waals surface area contributed by atoms with E-state index >= 15 is 0 Å². The first-order chi connectivity index (χ1) is 10.6. The largest absolute Gasteiger partial charge is 0.497 e. The van der Waals surface area contributed by atoms with Crippen molar-refractivity contribution in [2.45, 2.75) is 0 Å². The fourth-order valence-electron chi connectivity index (χ4n) is 1.64. The van der Waals surface area contributed by atoms with Crippen LogP contribution in [0.1, 0.15) is 5.56 Å². The average molecular weight is 303 g/mol. The van der Waals surface area contributed by atoms with Crippen LogP contribution in [0.2, 0.25) is 0 Å². The van der Waals surface area contributed by atoms with Crippen molar-refractivity contribution in [1.29, 1.82) is 0 Å².